The van der Waals surface area contributed by atoms with Gasteiger partial charge in [0, 0.05) is 23.4 Å². The van der Waals surface area contributed by atoms with Crippen LogP contribution >= 0.6 is 22.9 Å². The first-order valence-corrected chi connectivity index (χ1v) is 6.70. The molecule has 0 spiro atoms. The quantitative estimate of drug-likeness (QED) is 0.746. The fourth-order valence-corrected chi connectivity index (χ4v) is 3.05. The second kappa shape index (κ2) is 4.40. The molecular formula is C11H12ClN3OS. The van der Waals surface area contributed by atoms with Crippen molar-refractivity contribution in [2.45, 2.75) is 6.92 Å². The van der Waals surface area contributed by atoms with E-state index in [1.807, 2.05) is 6.07 Å². The minimum absolute atomic E-state index is 0.542. The van der Waals surface area contributed by atoms with Crippen molar-refractivity contribution in [2.24, 2.45) is 0 Å². The van der Waals surface area contributed by atoms with Crippen LogP contribution in [0.3, 0.4) is 0 Å². The third kappa shape index (κ3) is 2.10. The zero-order chi connectivity index (χ0) is 11.8. The van der Waals surface area contributed by atoms with Gasteiger partial charge in [-0.15, -0.1) is 11.3 Å². The molecule has 0 saturated carbocycles. The molecule has 0 N–H and O–H groups in total. The first-order chi connectivity index (χ1) is 8.24. The van der Waals surface area contributed by atoms with Gasteiger partial charge in [0.05, 0.1) is 13.2 Å². The highest BCUT2D eigenvalue weighted by atomic mass is 35.5. The van der Waals surface area contributed by atoms with Crippen molar-refractivity contribution >= 4 is 39.1 Å². The predicted molar refractivity (Wildman–Crippen MR) is 70.2 cm³/mol. The van der Waals surface area contributed by atoms with Crippen LogP contribution in [0.25, 0.3) is 10.2 Å². The van der Waals surface area contributed by atoms with E-state index in [0.717, 1.165) is 36.5 Å². The monoisotopic (exact) mass is 269 g/mol. The molecule has 3 rings (SSSR count). The second-order valence-electron chi connectivity index (χ2n) is 3.99. The van der Waals surface area contributed by atoms with E-state index in [1.54, 1.807) is 11.3 Å². The number of aromatic nitrogens is 2. The van der Waals surface area contributed by atoms with Crippen molar-refractivity contribution in [1.29, 1.82) is 0 Å². The van der Waals surface area contributed by atoms with E-state index < -0.39 is 0 Å². The average Bonchev–Trinajstić information content (AvgIpc) is 2.71. The van der Waals surface area contributed by atoms with Crippen molar-refractivity contribution in [2.75, 3.05) is 31.2 Å². The zero-order valence-corrected chi connectivity index (χ0v) is 11.0. The molecule has 17 heavy (non-hydrogen) atoms. The van der Waals surface area contributed by atoms with E-state index in [4.69, 9.17) is 16.3 Å². The van der Waals surface area contributed by atoms with Crippen LogP contribution in [0.15, 0.2) is 6.07 Å². The third-order valence-corrected chi connectivity index (χ3v) is 3.98. The first kappa shape index (κ1) is 11.2. The van der Waals surface area contributed by atoms with Gasteiger partial charge in [-0.2, -0.15) is 0 Å². The summed E-state index contributed by atoms with van der Waals surface area (Å²) >= 11 is 7.84. The molecule has 2 aromatic heterocycles. The van der Waals surface area contributed by atoms with E-state index in [2.05, 4.69) is 21.8 Å². The summed E-state index contributed by atoms with van der Waals surface area (Å²) in [5.41, 5.74) is 0. The molecule has 6 heteroatoms. The highest BCUT2D eigenvalue weighted by Crippen LogP contribution is 2.30. The zero-order valence-electron chi connectivity index (χ0n) is 9.44. The van der Waals surface area contributed by atoms with Crippen LogP contribution in [0, 0.1) is 6.92 Å². The van der Waals surface area contributed by atoms with Gasteiger partial charge in [-0.05, 0) is 13.0 Å². The molecule has 1 fully saturated rings. The molecule has 0 aliphatic carbocycles. The van der Waals surface area contributed by atoms with E-state index in [9.17, 15) is 0 Å². The Morgan fingerprint density at radius 1 is 1.35 bits per heavy atom. The number of anilines is 1. The Balaban J connectivity index is 2.04. The van der Waals surface area contributed by atoms with E-state index in [1.165, 1.54) is 4.88 Å². The number of ether oxygens (including phenoxy) is 1. The lowest BCUT2D eigenvalue weighted by molar-refractivity contribution is 0.122. The molecule has 0 aromatic carbocycles. The summed E-state index contributed by atoms with van der Waals surface area (Å²) < 4.78 is 5.32. The van der Waals surface area contributed by atoms with Gasteiger partial charge in [-0.1, -0.05) is 11.6 Å². The largest absolute Gasteiger partial charge is 0.378 e. The number of thiophene rings is 1. The van der Waals surface area contributed by atoms with Gasteiger partial charge in [0.25, 0.3) is 0 Å². The summed E-state index contributed by atoms with van der Waals surface area (Å²) in [5.74, 6) is 0.715. The molecular weight excluding hydrogens is 258 g/mol. The fourth-order valence-electron chi connectivity index (χ4n) is 1.90. The van der Waals surface area contributed by atoms with Gasteiger partial charge >= 0.3 is 0 Å². The van der Waals surface area contributed by atoms with Crippen molar-refractivity contribution in [3.05, 3.63) is 16.1 Å². The number of morpholine rings is 1. The lowest BCUT2D eigenvalue weighted by Gasteiger charge is -2.26. The number of nitrogens with zero attached hydrogens (tertiary/aromatic N) is 3. The normalized spacial score (nSPS) is 16.7. The van der Waals surface area contributed by atoms with Gasteiger partial charge in [-0.3, -0.25) is 0 Å². The van der Waals surface area contributed by atoms with Gasteiger partial charge in [0.2, 0.25) is 5.95 Å². The minimum atomic E-state index is 0.542. The van der Waals surface area contributed by atoms with E-state index in [-0.39, 0.29) is 0 Å². The first-order valence-electron chi connectivity index (χ1n) is 5.50. The molecule has 1 saturated heterocycles. The summed E-state index contributed by atoms with van der Waals surface area (Å²) in [4.78, 5) is 13.2. The highest BCUT2D eigenvalue weighted by Gasteiger charge is 2.16. The standard InChI is InChI=1S/C11H12ClN3OS/c1-7-6-8-9(12)13-11(14-10(8)17-7)15-2-4-16-5-3-15/h6H,2-5H2,1H3. The molecule has 0 unspecified atom stereocenters. The second-order valence-corrected chi connectivity index (χ2v) is 5.58. The van der Waals surface area contributed by atoms with Crippen LogP contribution in [0.2, 0.25) is 5.15 Å². The van der Waals surface area contributed by atoms with Gasteiger partial charge < -0.3 is 9.64 Å². The third-order valence-electron chi connectivity index (χ3n) is 2.75. The van der Waals surface area contributed by atoms with Gasteiger partial charge in [-0.25, -0.2) is 9.97 Å². The lowest BCUT2D eigenvalue weighted by atomic mass is 10.4. The van der Waals surface area contributed by atoms with Crippen molar-refractivity contribution in [3.8, 4) is 0 Å². The molecule has 3 heterocycles. The average molecular weight is 270 g/mol. The Bertz CT molecular complexity index is 551. The SMILES string of the molecule is Cc1cc2c(Cl)nc(N3CCOCC3)nc2s1. The predicted octanol–water partition coefficient (Wildman–Crippen LogP) is 2.49. The molecule has 1 aliphatic rings. The maximum absolute atomic E-state index is 6.19. The van der Waals surface area contributed by atoms with Crippen molar-refractivity contribution < 1.29 is 4.74 Å². The summed E-state index contributed by atoms with van der Waals surface area (Å²) in [5, 5.41) is 1.49. The minimum Gasteiger partial charge on any atom is -0.378 e. The molecule has 0 amide bonds. The van der Waals surface area contributed by atoms with Gasteiger partial charge in [0.15, 0.2) is 0 Å². The number of hydrogen-bond acceptors (Lipinski definition) is 5. The van der Waals surface area contributed by atoms with E-state index in [0.29, 0.717) is 11.1 Å². The smallest absolute Gasteiger partial charge is 0.228 e. The summed E-state index contributed by atoms with van der Waals surface area (Å²) in [7, 11) is 0. The Morgan fingerprint density at radius 3 is 2.88 bits per heavy atom. The topological polar surface area (TPSA) is 38.2 Å². The number of halogens is 1. The highest BCUT2D eigenvalue weighted by molar-refractivity contribution is 7.18. The van der Waals surface area contributed by atoms with Crippen LogP contribution in [-0.2, 0) is 4.74 Å². The van der Waals surface area contributed by atoms with Gasteiger partial charge in [0.1, 0.15) is 9.98 Å². The summed E-state index contributed by atoms with van der Waals surface area (Å²) in [6, 6.07) is 2.03. The Kier molecular flexibility index (Phi) is 2.90. The van der Waals surface area contributed by atoms with Crippen molar-refractivity contribution in [3.63, 3.8) is 0 Å². The summed E-state index contributed by atoms with van der Waals surface area (Å²) in [6.45, 7) is 5.15. The maximum atomic E-state index is 6.19. The molecule has 2 aromatic rings. The number of rotatable bonds is 1. The molecule has 1 aliphatic heterocycles. The van der Waals surface area contributed by atoms with Crippen molar-refractivity contribution in [1.82, 2.24) is 9.97 Å². The Labute approximate surface area is 108 Å². The molecule has 0 atom stereocenters. The Hall–Kier alpha value is -0.910. The molecule has 0 radical (unpaired) electrons. The van der Waals surface area contributed by atoms with Crippen LogP contribution in [0.1, 0.15) is 4.88 Å². The lowest BCUT2D eigenvalue weighted by Crippen LogP contribution is -2.37. The maximum Gasteiger partial charge on any atom is 0.228 e. The van der Waals surface area contributed by atoms with E-state index >= 15 is 0 Å². The van der Waals surface area contributed by atoms with Crippen LogP contribution in [0.4, 0.5) is 5.95 Å². The number of hydrogen-bond donors (Lipinski definition) is 0. The fraction of sp³-hybridized carbons (Fsp3) is 0.455. The van der Waals surface area contributed by atoms with Crippen LogP contribution < -0.4 is 4.90 Å². The Morgan fingerprint density at radius 2 is 2.12 bits per heavy atom. The number of fused-ring (bicyclic) bond motifs is 1. The molecule has 0 bridgehead atoms. The van der Waals surface area contributed by atoms with Crippen LogP contribution in [-0.4, -0.2) is 36.3 Å². The summed E-state index contributed by atoms with van der Waals surface area (Å²) in [6.07, 6.45) is 0. The number of aryl methyl sites for hydroxylation is 1. The molecule has 90 valence electrons. The molecule has 4 nitrogen and oxygen atoms in total. The van der Waals surface area contributed by atoms with Crippen LogP contribution in [0.5, 0.6) is 0 Å².